The van der Waals surface area contributed by atoms with Gasteiger partial charge in [0, 0.05) is 38.8 Å². The van der Waals surface area contributed by atoms with Crippen LogP contribution in [0.1, 0.15) is 36.5 Å². The molecule has 0 saturated carbocycles. The highest BCUT2D eigenvalue weighted by Crippen LogP contribution is 2.27. The van der Waals surface area contributed by atoms with E-state index in [1.807, 2.05) is 32.9 Å². The number of likely N-dealkylation sites (N-methyl/N-ethyl adjacent to an activating group) is 1. The molecule has 2 aliphatic rings. The first-order valence-electron chi connectivity index (χ1n) is 11.0. The molecule has 1 atom stereocenters. The minimum absolute atomic E-state index is 0.0941. The average molecular weight is 437 g/mol. The Bertz CT molecular complexity index is 842. The van der Waals surface area contributed by atoms with Gasteiger partial charge in [0.2, 0.25) is 15.9 Å². The van der Waals surface area contributed by atoms with Crippen molar-refractivity contribution in [3.05, 3.63) is 28.8 Å². The Balaban J connectivity index is 1.92. The summed E-state index contributed by atoms with van der Waals surface area (Å²) < 4.78 is 29.1. The summed E-state index contributed by atoms with van der Waals surface area (Å²) >= 11 is 0. The number of carbonyl (C=O) groups excluding carboxylic acids is 1. The Kier molecular flexibility index (Phi) is 7.55. The fourth-order valence-corrected chi connectivity index (χ4v) is 6.71. The maximum atomic E-state index is 13.8. The number of amides is 1. The third-order valence-electron chi connectivity index (χ3n) is 6.30. The average Bonchev–Trinajstić information content (AvgIpc) is 3.14. The fourth-order valence-electron chi connectivity index (χ4n) is 4.87. The molecule has 0 radical (unpaired) electrons. The summed E-state index contributed by atoms with van der Waals surface area (Å²) in [5.74, 6) is -0.108. The number of hydrogen-bond acceptors (Lipinski definition) is 5. The predicted octanol–water partition coefficient (Wildman–Crippen LogP) is 1.52. The van der Waals surface area contributed by atoms with Crippen LogP contribution in [-0.4, -0.2) is 86.8 Å². The van der Waals surface area contributed by atoms with Crippen molar-refractivity contribution in [3.63, 3.8) is 0 Å². The van der Waals surface area contributed by atoms with E-state index in [1.165, 1.54) is 4.31 Å². The van der Waals surface area contributed by atoms with Gasteiger partial charge in [-0.2, -0.15) is 4.31 Å². The molecule has 3 rings (SSSR count). The van der Waals surface area contributed by atoms with E-state index in [4.69, 9.17) is 0 Å². The number of piperazine rings is 1. The molecule has 1 amide bonds. The topological polar surface area (TPSA) is 73.0 Å². The van der Waals surface area contributed by atoms with Crippen LogP contribution in [0.25, 0.3) is 0 Å². The summed E-state index contributed by atoms with van der Waals surface area (Å²) in [6.07, 6.45) is 2.04. The summed E-state index contributed by atoms with van der Waals surface area (Å²) in [5, 5.41) is 3.24. The van der Waals surface area contributed by atoms with E-state index in [-0.39, 0.29) is 18.5 Å². The second kappa shape index (κ2) is 9.77. The van der Waals surface area contributed by atoms with Crippen molar-refractivity contribution in [1.29, 1.82) is 0 Å². The highest BCUT2D eigenvalue weighted by Gasteiger charge is 2.35. The van der Waals surface area contributed by atoms with Crippen molar-refractivity contribution < 1.29 is 13.2 Å². The number of hydrogen-bond donors (Lipinski definition) is 1. The summed E-state index contributed by atoms with van der Waals surface area (Å²) in [5.41, 5.74) is 2.53. The molecule has 0 aromatic heterocycles. The van der Waals surface area contributed by atoms with Gasteiger partial charge >= 0.3 is 0 Å². The van der Waals surface area contributed by atoms with E-state index in [1.54, 1.807) is 4.90 Å². The number of benzene rings is 1. The van der Waals surface area contributed by atoms with Gasteiger partial charge in [-0.15, -0.1) is 0 Å². The zero-order chi connectivity index (χ0) is 21.9. The van der Waals surface area contributed by atoms with Crippen molar-refractivity contribution in [2.75, 3.05) is 52.4 Å². The number of likely N-dealkylation sites (tertiary alicyclic amines) is 1. The largest absolute Gasteiger partial charge is 0.339 e. The van der Waals surface area contributed by atoms with Crippen LogP contribution < -0.4 is 5.32 Å². The smallest absolute Gasteiger partial charge is 0.244 e. The van der Waals surface area contributed by atoms with Gasteiger partial charge in [-0.25, -0.2) is 8.42 Å². The molecule has 2 fully saturated rings. The monoisotopic (exact) mass is 436 g/mol. The Hall–Kier alpha value is -1.48. The molecule has 1 aromatic carbocycles. The van der Waals surface area contributed by atoms with Crippen LogP contribution in [0.4, 0.5) is 0 Å². The molecule has 7 nitrogen and oxygen atoms in total. The van der Waals surface area contributed by atoms with E-state index in [0.29, 0.717) is 24.5 Å². The molecule has 0 unspecified atom stereocenters. The number of aryl methyl sites for hydroxylation is 3. The Labute approximate surface area is 181 Å². The summed E-state index contributed by atoms with van der Waals surface area (Å²) in [6, 6.07) is 3.97. The normalized spacial score (nSPS) is 20.8. The van der Waals surface area contributed by atoms with Gasteiger partial charge < -0.3 is 10.2 Å². The Morgan fingerprint density at radius 2 is 1.77 bits per heavy atom. The highest BCUT2D eigenvalue weighted by molar-refractivity contribution is 7.89. The second-order valence-electron chi connectivity index (χ2n) is 8.58. The third kappa shape index (κ3) is 5.04. The minimum atomic E-state index is -3.79. The van der Waals surface area contributed by atoms with Crippen LogP contribution in [0.5, 0.6) is 0 Å². The first-order chi connectivity index (χ1) is 14.2. The molecular weight excluding hydrogens is 400 g/mol. The van der Waals surface area contributed by atoms with Crippen molar-refractivity contribution in [2.24, 2.45) is 0 Å². The predicted molar refractivity (Wildman–Crippen MR) is 119 cm³/mol. The molecule has 2 aliphatic heterocycles. The van der Waals surface area contributed by atoms with E-state index >= 15 is 0 Å². The van der Waals surface area contributed by atoms with Crippen LogP contribution in [-0.2, 0) is 14.8 Å². The summed E-state index contributed by atoms with van der Waals surface area (Å²) in [4.78, 5) is 17.5. The lowest BCUT2D eigenvalue weighted by molar-refractivity contribution is -0.132. The standard InChI is InChI=1S/C22H36N4O3S/c1-5-24-10-6-7-20(24)15-26(16-21(27)25-11-8-23-9-12-25)30(28,29)22-18(3)13-17(2)14-19(22)4/h13-14,20,23H,5-12,15-16H2,1-4H3/t20-/m1/s1. The van der Waals surface area contributed by atoms with Gasteiger partial charge in [-0.3, -0.25) is 9.69 Å². The Morgan fingerprint density at radius 1 is 1.13 bits per heavy atom. The second-order valence-corrected chi connectivity index (χ2v) is 10.5. The molecule has 8 heteroatoms. The van der Waals surface area contributed by atoms with E-state index in [2.05, 4.69) is 17.1 Å². The quantitative estimate of drug-likeness (QED) is 0.702. The zero-order valence-corrected chi connectivity index (χ0v) is 19.6. The van der Waals surface area contributed by atoms with Crippen molar-refractivity contribution in [3.8, 4) is 0 Å². The summed E-state index contributed by atoms with van der Waals surface area (Å²) in [6.45, 7) is 12.7. The lowest BCUT2D eigenvalue weighted by Gasteiger charge is -2.33. The first kappa shape index (κ1) is 23.2. The lowest BCUT2D eigenvalue weighted by atomic mass is 10.1. The molecule has 1 N–H and O–H groups in total. The van der Waals surface area contributed by atoms with Gasteiger partial charge in [0.15, 0.2) is 0 Å². The molecule has 1 aromatic rings. The van der Waals surface area contributed by atoms with E-state index in [9.17, 15) is 13.2 Å². The maximum Gasteiger partial charge on any atom is 0.244 e. The van der Waals surface area contributed by atoms with Crippen LogP contribution >= 0.6 is 0 Å². The number of nitrogens with zero attached hydrogens (tertiary/aromatic N) is 3. The number of sulfonamides is 1. The van der Waals surface area contributed by atoms with Crippen LogP contribution in [0.15, 0.2) is 17.0 Å². The lowest BCUT2D eigenvalue weighted by Crippen LogP contribution is -2.52. The first-order valence-corrected chi connectivity index (χ1v) is 12.5. The maximum absolute atomic E-state index is 13.8. The molecule has 0 spiro atoms. The van der Waals surface area contributed by atoms with Gasteiger partial charge in [0.1, 0.15) is 0 Å². The molecule has 2 saturated heterocycles. The van der Waals surface area contributed by atoms with Crippen LogP contribution in [0, 0.1) is 20.8 Å². The third-order valence-corrected chi connectivity index (χ3v) is 8.42. The van der Waals surface area contributed by atoms with Crippen molar-refractivity contribution in [1.82, 2.24) is 19.4 Å². The molecule has 30 heavy (non-hydrogen) atoms. The molecule has 2 heterocycles. The Morgan fingerprint density at radius 3 is 2.37 bits per heavy atom. The van der Waals surface area contributed by atoms with E-state index in [0.717, 1.165) is 55.7 Å². The van der Waals surface area contributed by atoms with Crippen LogP contribution in [0.3, 0.4) is 0 Å². The summed E-state index contributed by atoms with van der Waals surface area (Å²) in [7, 11) is -3.79. The molecule has 0 aliphatic carbocycles. The van der Waals surface area contributed by atoms with Crippen molar-refractivity contribution in [2.45, 2.75) is 51.5 Å². The SMILES string of the molecule is CCN1CCC[C@@H]1CN(CC(=O)N1CCNCC1)S(=O)(=O)c1c(C)cc(C)cc1C. The molecular formula is C22H36N4O3S. The molecule has 0 bridgehead atoms. The number of carbonyl (C=O) groups is 1. The van der Waals surface area contributed by atoms with Crippen LogP contribution in [0.2, 0.25) is 0 Å². The van der Waals surface area contributed by atoms with Gasteiger partial charge in [-0.1, -0.05) is 24.6 Å². The van der Waals surface area contributed by atoms with E-state index < -0.39 is 10.0 Å². The molecule has 168 valence electrons. The van der Waals surface area contributed by atoms with Gasteiger partial charge in [0.25, 0.3) is 0 Å². The highest BCUT2D eigenvalue weighted by atomic mass is 32.2. The van der Waals surface area contributed by atoms with Gasteiger partial charge in [0.05, 0.1) is 11.4 Å². The number of rotatable bonds is 7. The minimum Gasteiger partial charge on any atom is -0.339 e. The fraction of sp³-hybridized carbons (Fsp3) is 0.682. The van der Waals surface area contributed by atoms with Crippen molar-refractivity contribution >= 4 is 15.9 Å². The van der Waals surface area contributed by atoms with Gasteiger partial charge in [-0.05, 0) is 57.8 Å². The number of nitrogens with one attached hydrogen (secondary N) is 1. The zero-order valence-electron chi connectivity index (χ0n) is 18.8.